The molecule has 0 unspecified atom stereocenters. The summed E-state index contributed by atoms with van der Waals surface area (Å²) >= 11 is 0. The Bertz CT molecular complexity index is 619. The number of carboxylic acids is 1. The van der Waals surface area contributed by atoms with Gasteiger partial charge in [-0.2, -0.15) is 0 Å². The van der Waals surface area contributed by atoms with E-state index in [9.17, 15) is 9.59 Å². The highest BCUT2D eigenvalue weighted by atomic mass is 16.4. The minimum atomic E-state index is -0.934. The second kappa shape index (κ2) is 6.74. The Morgan fingerprint density at radius 1 is 1.24 bits per heavy atom. The lowest BCUT2D eigenvalue weighted by Gasteiger charge is -2.21. The first-order chi connectivity index (χ1) is 10.1. The summed E-state index contributed by atoms with van der Waals surface area (Å²) in [6, 6.07) is 10.7. The highest BCUT2D eigenvalue weighted by molar-refractivity contribution is 5.94. The summed E-state index contributed by atoms with van der Waals surface area (Å²) in [4.78, 5) is 24.8. The lowest BCUT2D eigenvalue weighted by Crippen LogP contribution is -2.32. The first-order valence-electron chi connectivity index (χ1n) is 6.66. The molecule has 0 radical (unpaired) electrons. The molecule has 0 aliphatic rings. The SMILES string of the molecule is Cc1cccc(C(=O)N(CCC(=O)O)Cc2ccco2)c1. The van der Waals surface area contributed by atoms with E-state index in [4.69, 9.17) is 9.52 Å². The first-order valence-corrected chi connectivity index (χ1v) is 6.66. The van der Waals surface area contributed by atoms with Crippen molar-refractivity contribution < 1.29 is 19.1 Å². The van der Waals surface area contributed by atoms with Gasteiger partial charge in [-0.3, -0.25) is 9.59 Å². The Kier molecular flexibility index (Phi) is 4.77. The highest BCUT2D eigenvalue weighted by Crippen LogP contribution is 2.12. The summed E-state index contributed by atoms with van der Waals surface area (Å²) in [5.74, 6) is -0.505. The fourth-order valence-electron chi connectivity index (χ4n) is 2.03. The van der Waals surface area contributed by atoms with Gasteiger partial charge in [0.2, 0.25) is 0 Å². The van der Waals surface area contributed by atoms with Crippen LogP contribution in [-0.2, 0) is 11.3 Å². The van der Waals surface area contributed by atoms with Crippen LogP contribution < -0.4 is 0 Å². The molecule has 0 spiro atoms. The quantitative estimate of drug-likeness (QED) is 0.886. The molecule has 2 aromatic rings. The molecular weight excluding hydrogens is 270 g/mol. The normalized spacial score (nSPS) is 10.3. The molecule has 0 atom stereocenters. The number of benzene rings is 1. The number of carboxylic acid groups (broad SMARTS) is 1. The number of hydrogen-bond donors (Lipinski definition) is 1. The zero-order valence-corrected chi connectivity index (χ0v) is 11.8. The summed E-state index contributed by atoms with van der Waals surface area (Å²) in [5, 5.41) is 8.82. The van der Waals surface area contributed by atoms with Gasteiger partial charge in [0.15, 0.2) is 0 Å². The van der Waals surface area contributed by atoms with Crippen molar-refractivity contribution in [3.63, 3.8) is 0 Å². The van der Waals surface area contributed by atoms with Gasteiger partial charge in [0.25, 0.3) is 5.91 Å². The zero-order valence-electron chi connectivity index (χ0n) is 11.8. The second-order valence-electron chi connectivity index (χ2n) is 4.82. The van der Waals surface area contributed by atoms with Crippen molar-refractivity contribution in [2.45, 2.75) is 19.9 Å². The maximum atomic E-state index is 12.5. The monoisotopic (exact) mass is 287 g/mol. The maximum absolute atomic E-state index is 12.5. The Morgan fingerprint density at radius 3 is 2.67 bits per heavy atom. The molecule has 0 fully saturated rings. The summed E-state index contributed by atoms with van der Waals surface area (Å²) in [6.07, 6.45) is 1.43. The number of carbonyl (C=O) groups is 2. The zero-order chi connectivity index (χ0) is 15.2. The topological polar surface area (TPSA) is 70.8 Å². The van der Waals surface area contributed by atoms with E-state index in [1.54, 1.807) is 24.3 Å². The van der Waals surface area contributed by atoms with E-state index in [-0.39, 0.29) is 25.4 Å². The van der Waals surface area contributed by atoms with Crippen LogP contribution in [0.4, 0.5) is 0 Å². The van der Waals surface area contributed by atoms with Crippen LogP contribution in [-0.4, -0.2) is 28.4 Å². The molecule has 2 rings (SSSR count). The third-order valence-electron chi connectivity index (χ3n) is 3.07. The number of carbonyl (C=O) groups excluding carboxylic acids is 1. The fourth-order valence-corrected chi connectivity index (χ4v) is 2.03. The predicted molar refractivity (Wildman–Crippen MR) is 76.9 cm³/mol. The molecule has 0 aliphatic heterocycles. The third kappa shape index (κ3) is 4.21. The van der Waals surface area contributed by atoms with E-state index in [0.29, 0.717) is 11.3 Å². The van der Waals surface area contributed by atoms with Crippen LogP contribution in [0.3, 0.4) is 0 Å². The van der Waals surface area contributed by atoms with Crippen LogP contribution >= 0.6 is 0 Å². The average Bonchev–Trinajstić information content (AvgIpc) is 2.95. The molecule has 1 aromatic heterocycles. The molecule has 0 bridgehead atoms. The van der Waals surface area contributed by atoms with Gasteiger partial charge in [-0.1, -0.05) is 17.7 Å². The van der Waals surface area contributed by atoms with Crippen molar-refractivity contribution in [3.05, 3.63) is 59.5 Å². The fraction of sp³-hybridized carbons (Fsp3) is 0.250. The third-order valence-corrected chi connectivity index (χ3v) is 3.07. The number of hydrogen-bond acceptors (Lipinski definition) is 3. The molecule has 0 saturated carbocycles. The lowest BCUT2D eigenvalue weighted by molar-refractivity contribution is -0.137. The smallest absolute Gasteiger partial charge is 0.305 e. The van der Waals surface area contributed by atoms with Crippen molar-refractivity contribution in [1.29, 1.82) is 0 Å². The first kappa shape index (κ1) is 14.8. The minimum Gasteiger partial charge on any atom is -0.481 e. The molecular formula is C16H17NO4. The molecule has 1 amide bonds. The van der Waals surface area contributed by atoms with E-state index in [1.165, 1.54) is 11.2 Å². The summed E-state index contributed by atoms with van der Waals surface area (Å²) in [6.45, 7) is 2.31. The molecule has 1 aromatic carbocycles. The van der Waals surface area contributed by atoms with E-state index < -0.39 is 5.97 Å². The summed E-state index contributed by atoms with van der Waals surface area (Å²) in [5.41, 5.74) is 1.53. The largest absolute Gasteiger partial charge is 0.481 e. The molecule has 0 aliphatic carbocycles. The van der Waals surface area contributed by atoms with Gasteiger partial charge < -0.3 is 14.4 Å². The van der Waals surface area contributed by atoms with Crippen molar-refractivity contribution >= 4 is 11.9 Å². The van der Waals surface area contributed by atoms with Crippen LogP contribution in [0, 0.1) is 6.92 Å². The van der Waals surface area contributed by atoms with Crippen molar-refractivity contribution in [2.24, 2.45) is 0 Å². The highest BCUT2D eigenvalue weighted by Gasteiger charge is 2.18. The van der Waals surface area contributed by atoms with Gasteiger partial charge in [-0.25, -0.2) is 0 Å². The van der Waals surface area contributed by atoms with Gasteiger partial charge >= 0.3 is 5.97 Å². The van der Waals surface area contributed by atoms with E-state index in [2.05, 4.69) is 0 Å². The summed E-state index contributed by atoms with van der Waals surface area (Å²) < 4.78 is 5.24. The van der Waals surface area contributed by atoms with Crippen molar-refractivity contribution in [3.8, 4) is 0 Å². The molecule has 0 saturated heterocycles. The molecule has 1 heterocycles. The van der Waals surface area contributed by atoms with Crippen LogP contribution in [0.5, 0.6) is 0 Å². The lowest BCUT2D eigenvalue weighted by atomic mass is 10.1. The molecule has 110 valence electrons. The average molecular weight is 287 g/mol. The van der Waals surface area contributed by atoms with Gasteiger partial charge in [0, 0.05) is 12.1 Å². The van der Waals surface area contributed by atoms with Crippen LogP contribution in [0.1, 0.15) is 28.1 Å². The van der Waals surface area contributed by atoms with Crippen molar-refractivity contribution in [1.82, 2.24) is 4.90 Å². The number of amides is 1. The van der Waals surface area contributed by atoms with E-state index in [0.717, 1.165) is 5.56 Å². The minimum absolute atomic E-state index is 0.0989. The van der Waals surface area contributed by atoms with Gasteiger partial charge in [-0.15, -0.1) is 0 Å². The van der Waals surface area contributed by atoms with Crippen LogP contribution in [0.15, 0.2) is 47.1 Å². The Morgan fingerprint density at radius 2 is 2.05 bits per heavy atom. The van der Waals surface area contributed by atoms with E-state index in [1.807, 2.05) is 19.1 Å². The molecule has 5 nitrogen and oxygen atoms in total. The number of rotatable bonds is 6. The van der Waals surface area contributed by atoms with Crippen molar-refractivity contribution in [2.75, 3.05) is 6.54 Å². The van der Waals surface area contributed by atoms with Gasteiger partial charge in [0.05, 0.1) is 19.2 Å². The second-order valence-corrected chi connectivity index (χ2v) is 4.82. The van der Waals surface area contributed by atoms with Crippen LogP contribution in [0.2, 0.25) is 0 Å². The summed E-state index contributed by atoms with van der Waals surface area (Å²) in [7, 11) is 0. The molecule has 21 heavy (non-hydrogen) atoms. The Balaban J connectivity index is 2.16. The number of aliphatic carboxylic acids is 1. The Hall–Kier alpha value is -2.56. The standard InChI is InChI=1S/C16H17NO4/c1-12-4-2-5-13(10-12)16(20)17(8-7-15(18)19)11-14-6-3-9-21-14/h2-6,9-10H,7-8,11H2,1H3,(H,18,19). The number of aryl methyl sites for hydroxylation is 1. The van der Waals surface area contributed by atoms with Gasteiger partial charge in [0.1, 0.15) is 5.76 Å². The van der Waals surface area contributed by atoms with Gasteiger partial charge in [-0.05, 0) is 31.2 Å². The van der Waals surface area contributed by atoms with Crippen LogP contribution in [0.25, 0.3) is 0 Å². The predicted octanol–water partition coefficient (Wildman–Crippen LogP) is 2.71. The Labute approximate surface area is 122 Å². The number of nitrogens with zero attached hydrogens (tertiary/aromatic N) is 1. The van der Waals surface area contributed by atoms with E-state index >= 15 is 0 Å². The number of furan rings is 1. The molecule has 5 heteroatoms. The molecule has 1 N–H and O–H groups in total. The maximum Gasteiger partial charge on any atom is 0.305 e.